The van der Waals surface area contributed by atoms with Crippen molar-refractivity contribution in [3.05, 3.63) is 35.9 Å². The van der Waals surface area contributed by atoms with Crippen molar-refractivity contribution < 1.29 is 9.90 Å². The SMILES string of the molecule is C.CCC(CC)CCC1CCCN1Cc1ccccc1.O=CO. The van der Waals surface area contributed by atoms with Crippen molar-refractivity contribution in [2.75, 3.05) is 6.54 Å². The third-order valence-electron chi connectivity index (χ3n) is 4.79. The van der Waals surface area contributed by atoms with Crippen LogP contribution in [0.5, 0.6) is 0 Å². The van der Waals surface area contributed by atoms with E-state index in [1.807, 2.05) is 0 Å². The maximum Gasteiger partial charge on any atom is 0.290 e. The fourth-order valence-corrected chi connectivity index (χ4v) is 3.37. The molecule has 1 aromatic rings. The number of benzene rings is 1. The highest BCUT2D eigenvalue weighted by Crippen LogP contribution is 2.26. The molecule has 2 rings (SSSR count). The molecule has 0 radical (unpaired) electrons. The molecule has 1 saturated heterocycles. The molecule has 0 aliphatic carbocycles. The summed E-state index contributed by atoms with van der Waals surface area (Å²) >= 11 is 0. The molecule has 1 unspecified atom stereocenters. The van der Waals surface area contributed by atoms with Crippen LogP contribution in [0.3, 0.4) is 0 Å². The van der Waals surface area contributed by atoms with E-state index in [0.29, 0.717) is 0 Å². The molecule has 0 bridgehead atoms. The van der Waals surface area contributed by atoms with Gasteiger partial charge in [0.15, 0.2) is 0 Å². The summed E-state index contributed by atoms with van der Waals surface area (Å²) in [5, 5.41) is 6.89. The van der Waals surface area contributed by atoms with E-state index in [2.05, 4.69) is 49.1 Å². The van der Waals surface area contributed by atoms with Crippen LogP contribution >= 0.6 is 0 Å². The standard InChI is InChI=1S/C18H29N.CH2O2.CH4/c1-3-16(4-2)12-13-18-11-8-14-19(18)15-17-9-6-5-7-10-17;2-1-3;/h5-7,9-10,16,18H,3-4,8,11-15H2,1-2H3;1H,(H,2,3);1H4. The zero-order chi connectivity index (χ0) is 16.2. The van der Waals surface area contributed by atoms with E-state index in [1.165, 1.54) is 50.6 Å². The third kappa shape index (κ3) is 8.17. The zero-order valence-corrected chi connectivity index (χ0v) is 14.1. The highest BCUT2D eigenvalue weighted by atomic mass is 16.3. The molecule has 1 N–H and O–H groups in total. The zero-order valence-electron chi connectivity index (χ0n) is 14.1. The van der Waals surface area contributed by atoms with Gasteiger partial charge in [-0.15, -0.1) is 0 Å². The molecule has 1 atom stereocenters. The minimum atomic E-state index is -0.250. The van der Waals surface area contributed by atoms with Crippen LogP contribution in [0.15, 0.2) is 30.3 Å². The summed E-state index contributed by atoms with van der Waals surface area (Å²) in [4.78, 5) is 11.1. The number of hydrogen-bond acceptors (Lipinski definition) is 2. The Balaban J connectivity index is 0.00000112. The number of carbonyl (C=O) groups is 1. The van der Waals surface area contributed by atoms with Crippen molar-refractivity contribution in [1.82, 2.24) is 4.90 Å². The second-order valence-electron chi connectivity index (χ2n) is 6.12. The molecular formula is C20H35NO2. The quantitative estimate of drug-likeness (QED) is 0.701. The molecule has 1 aromatic carbocycles. The summed E-state index contributed by atoms with van der Waals surface area (Å²) in [7, 11) is 0. The Morgan fingerprint density at radius 2 is 1.87 bits per heavy atom. The van der Waals surface area contributed by atoms with Gasteiger partial charge in [-0.25, -0.2) is 0 Å². The van der Waals surface area contributed by atoms with Crippen LogP contribution in [-0.2, 0) is 11.3 Å². The smallest absolute Gasteiger partial charge is 0.290 e. The first kappa shape index (κ1) is 21.6. The maximum atomic E-state index is 8.36. The Hall–Kier alpha value is -1.35. The largest absolute Gasteiger partial charge is 0.483 e. The normalized spacial score (nSPS) is 17.3. The van der Waals surface area contributed by atoms with Crippen molar-refractivity contribution in [3.8, 4) is 0 Å². The summed E-state index contributed by atoms with van der Waals surface area (Å²) in [5.41, 5.74) is 1.47. The average molecular weight is 322 g/mol. The number of nitrogens with zero attached hydrogens (tertiary/aromatic N) is 1. The molecule has 3 heteroatoms. The van der Waals surface area contributed by atoms with Crippen molar-refractivity contribution in [2.24, 2.45) is 5.92 Å². The second-order valence-corrected chi connectivity index (χ2v) is 6.12. The summed E-state index contributed by atoms with van der Waals surface area (Å²) in [6.07, 6.45) is 8.32. The highest BCUT2D eigenvalue weighted by molar-refractivity contribution is 5.32. The monoisotopic (exact) mass is 321 g/mol. The summed E-state index contributed by atoms with van der Waals surface area (Å²) in [6.45, 7) is 6.87. The molecule has 1 aliphatic rings. The first-order chi connectivity index (χ1) is 10.7. The van der Waals surface area contributed by atoms with Crippen LogP contribution in [0, 0.1) is 5.92 Å². The number of likely N-dealkylation sites (tertiary alicyclic amines) is 1. The Morgan fingerprint density at radius 3 is 2.43 bits per heavy atom. The van der Waals surface area contributed by atoms with Crippen LogP contribution in [0.2, 0.25) is 0 Å². The third-order valence-corrected chi connectivity index (χ3v) is 4.79. The van der Waals surface area contributed by atoms with Gasteiger partial charge in [0.2, 0.25) is 0 Å². The molecule has 0 saturated carbocycles. The molecule has 1 heterocycles. The Bertz CT molecular complexity index is 390. The first-order valence-corrected chi connectivity index (χ1v) is 8.60. The molecule has 0 amide bonds. The van der Waals surface area contributed by atoms with E-state index in [0.717, 1.165) is 18.5 Å². The number of carboxylic acid groups (broad SMARTS) is 1. The minimum Gasteiger partial charge on any atom is -0.483 e. The molecular weight excluding hydrogens is 286 g/mol. The van der Waals surface area contributed by atoms with Crippen LogP contribution in [0.4, 0.5) is 0 Å². The van der Waals surface area contributed by atoms with E-state index >= 15 is 0 Å². The van der Waals surface area contributed by atoms with Gasteiger partial charge in [-0.05, 0) is 43.7 Å². The molecule has 132 valence electrons. The molecule has 3 nitrogen and oxygen atoms in total. The highest BCUT2D eigenvalue weighted by Gasteiger charge is 2.24. The Morgan fingerprint density at radius 1 is 1.26 bits per heavy atom. The molecule has 1 fully saturated rings. The van der Waals surface area contributed by atoms with Gasteiger partial charge >= 0.3 is 0 Å². The van der Waals surface area contributed by atoms with Crippen LogP contribution in [0.25, 0.3) is 0 Å². The summed E-state index contributed by atoms with van der Waals surface area (Å²) in [5.74, 6) is 0.944. The maximum absolute atomic E-state index is 8.36. The lowest BCUT2D eigenvalue weighted by Crippen LogP contribution is -2.29. The predicted octanol–water partition coefficient (Wildman–Crippen LogP) is 5.20. The molecule has 0 spiro atoms. The average Bonchev–Trinajstić information content (AvgIpc) is 2.97. The molecule has 1 aliphatic heterocycles. The van der Waals surface area contributed by atoms with Crippen LogP contribution in [-0.4, -0.2) is 29.1 Å². The lowest BCUT2D eigenvalue weighted by molar-refractivity contribution is -0.122. The second kappa shape index (κ2) is 13.1. The fourth-order valence-electron chi connectivity index (χ4n) is 3.37. The van der Waals surface area contributed by atoms with Gasteiger partial charge in [0, 0.05) is 12.6 Å². The summed E-state index contributed by atoms with van der Waals surface area (Å²) in [6, 6.07) is 11.8. The number of rotatable bonds is 7. The lowest BCUT2D eigenvalue weighted by Gasteiger charge is -2.26. The minimum absolute atomic E-state index is 0. The van der Waals surface area contributed by atoms with E-state index in [1.54, 1.807) is 0 Å². The number of hydrogen-bond donors (Lipinski definition) is 1. The molecule has 0 aromatic heterocycles. The van der Waals surface area contributed by atoms with Crippen molar-refractivity contribution in [2.45, 2.75) is 72.4 Å². The van der Waals surface area contributed by atoms with Gasteiger partial charge in [0.1, 0.15) is 0 Å². The Labute approximate surface area is 142 Å². The van der Waals surface area contributed by atoms with Crippen LogP contribution in [0.1, 0.15) is 65.4 Å². The van der Waals surface area contributed by atoms with Gasteiger partial charge in [0.05, 0.1) is 0 Å². The first-order valence-electron chi connectivity index (χ1n) is 8.60. The van der Waals surface area contributed by atoms with Crippen molar-refractivity contribution >= 4 is 6.47 Å². The fraction of sp³-hybridized carbons (Fsp3) is 0.650. The topological polar surface area (TPSA) is 40.5 Å². The van der Waals surface area contributed by atoms with Gasteiger partial charge in [-0.3, -0.25) is 9.69 Å². The lowest BCUT2D eigenvalue weighted by atomic mass is 9.94. The van der Waals surface area contributed by atoms with Gasteiger partial charge in [-0.2, -0.15) is 0 Å². The van der Waals surface area contributed by atoms with E-state index in [4.69, 9.17) is 9.90 Å². The van der Waals surface area contributed by atoms with E-state index < -0.39 is 0 Å². The van der Waals surface area contributed by atoms with Crippen LogP contribution < -0.4 is 0 Å². The van der Waals surface area contributed by atoms with Gasteiger partial charge in [0.25, 0.3) is 6.47 Å². The van der Waals surface area contributed by atoms with Crippen molar-refractivity contribution in [3.63, 3.8) is 0 Å². The van der Waals surface area contributed by atoms with E-state index in [9.17, 15) is 0 Å². The van der Waals surface area contributed by atoms with Gasteiger partial charge < -0.3 is 5.11 Å². The van der Waals surface area contributed by atoms with Crippen molar-refractivity contribution in [1.29, 1.82) is 0 Å². The van der Waals surface area contributed by atoms with E-state index in [-0.39, 0.29) is 13.9 Å². The molecule has 23 heavy (non-hydrogen) atoms. The summed E-state index contributed by atoms with van der Waals surface area (Å²) < 4.78 is 0. The predicted molar refractivity (Wildman–Crippen MR) is 98.6 cm³/mol. The van der Waals surface area contributed by atoms with Gasteiger partial charge in [-0.1, -0.05) is 64.4 Å². The Kier molecular flexibility index (Phi) is 12.4.